The summed E-state index contributed by atoms with van der Waals surface area (Å²) in [7, 11) is 1.88. The van der Waals surface area contributed by atoms with Crippen LogP contribution in [0.25, 0.3) is 27.8 Å². The van der Waals surface area contributed by atoms with Gasteiger partial charge in [0.2, 0.25) is 5.91 Å². The molecule has 0 aromatic carbocycles. The molecule has 4 aromatic heterocycles. The molecule has 1 aliphatic rings. The van der Waals surface area contributed by atoms with Gasteiger partial charge in [-0.25, -0.2) is 9.50 Å². The van der Waals surface area contributed by atoms with Crippen molar-refractivity contribution in [1.29, 1.82) is 5.26 Å². The highest BCUT2D eigenvalue weighted by molar-refractivity contribution is 5.87. The van der Waals surface area contributed by atoms with E-state index in [0.29, 0.717) is 17.9 Å². The molecule has 1 aliphatic heterocycles. The Balaban J connectivity index is 1.40. The zero-order valence-corrected chi connectivity index (χ0v) is 19.4. The number of rotatable bonds is 6. The third-order valence-electron chi connectivity index (χ3n) is 6.03. The topological polar surface area (TPSA) is 104 Å². The molecule has 0 bridgehead atoms. The van der Waals surface area contributed by atoms with Crippen molar-refractivity contribution < 1.29 is 4.79 Å². The molecular formula is C25H26N8O. The van der Waals surface area contributed by atoms with Gasteiger partial charge in [-0.15, -0.1) is 0 Å². The lowest BCUT2D eigenvalue weighted by Gasteiger charge is -2.40. The Morgan fingerprint density at radius 3 is 2.62 bits per heavy atom. The van der Waals surface area contributed by atoms with E-state index in [1.165, 1.54) is 0 Å². The van der Waals surface area contributed by atoms with E-state index in [4.69, 9.17) is 0 Å². The van der Waals surface area contributed by atoms with Crippen molar-refractivity contribution in [3.63, 3.8) is 0 Å². The molecule has 1 fully saturated rings. The minimum absolute atomic E-state index is 0.106. The quantitative estimate of drug-likeness (QED) is 0.480. The van der Waals surface area contributed by atoms with Gasteiger partial charge < -0.3 is 10.2 Å². The van der Waals surface area contributed by atoms with E-state index in [-0.39, 0.29) is 11.9 Å². The number of amides is 1. The van der Waals surface area contributed by atoms with Crippen LogP contribution in [0.4, 0.5) is 5.82 Å². The molecule has 1 N–H and O–H groups in total. The van der Waals surface area contributed by atoms with Crippen LogP contribution in [0.2, 0.25) is 0 Å². The zero-order valence-electron chi connectivity index (χ0n) is 19.4. The maximum atomic E-state index is 12.0. The predicted molar refractivity (Wildman–Crippen MR) is 129 cm³/mol. The van der Waals surface area contributed by atoms with Gasteiger partial charge in [0.25, 0.3) is 0 Å². The van der Waals surface area contributed by atoms with Gasteiger partial charge in [-0.2, -0.15) is 15.5 Å². The highest BCUT2D eigenvalue weighted by atomic mass is 16.1. The summed E-state index contributed by atoms with van der Waals surface area (Å²) in [6.07, 6.45) is 9.64. The molecule has 1 amide bonds. The van der Waals surface area contributed by atoms with Crippen LogP contribution >= 0.6 is 0 Å². The molecule has 34 heavy (non-hydrogen) atoms. The third kappa shape index (κ3) is 4.10. The second kappa shape index (κ2) is 8.63. The standard InChI is InChI=1S/C25H26N8O/c1-16(2)30-24(34)6-17-12-32(13-17)23-5-4-18(9-27-23)22-7-19(21-11-28-31(3)14-21)15-33-25(22)20(8-26)10-29-33/h4-5,7,9-11,14-17H,6,12-13H2,1-3H3,(H,30,34). The van der Waals surface area contributed by atoms with Crippen molar-refractivity contribution >= 4 is 17.2 Å². The molecular weight excluding hydrogens is 428 g/mol. The maximum Gasteiger partial charge on any atom is 0.220 e. The zero-order chi connectivity index (χ0) is 23.8. The number of hydrogen-bond acceptors (Lipinski definition) is 6. The minimum atomic E-state index is 0.106. The van der Waals surface area contributed by atoms with Gasteiger partial charge in [-0.1, -0.05) is 0 Å². The number of fused-ring (bicyclic) bond motifs is 1. The Hall–Kier alpha value is -4.19. The van der Waals surface area contributed by atoms with Crippen LogP contribution in [0.15, 0.2) is 49.2 Å². The van der Waals surface area contributed by atoms with Gasteiger partial charge in [0.05, 0.1) is 23.5 Å². The molecule has 0 saturated carbocycles. The second-order valence-corrected chi connectivity index (χ2v) is 9.11. The van der Waals surface area contributed by atoms with E-state index >= 15 is 0 Å². The monoisotopic (exact) mass is 454 g/mol. The molecule has 0 radical (unpaired) electrons. The van der Waals surface area contributed by atoms with Gasteiger partial charge in [0.15, 0.2) is 0 Å². The lowest BCUT2D eigenvalue weighted by Crippen LogP contribution is -2.49. The third-order valence-corrected chi connectivity index (χ3v) is 6.03. The summed E-state index contributed by atoms with van der Waals surface area (Å²) in [6.45, 7) is 5.58. The number of nitrogens with zero attached hydrogens (tertiary/aromatic N) is 7. The molecule has 5 rings (SSSR count). The average Bonchev–Trinajstić information content (AvgIpc) is 3.41. The van der Waals surface area contributed by atoms with Crippen LogP contribution in [0, 0.1) is 17.2 Å². The van der Waals surface area contributed by atoms with E-state index in [1.54, 1.807) is 15.4 Å². The Kier molecular flexibility index (Phi) is 5.49. The predicted octanol–water partition coefficient (Wildman–Crippen LogP) is 3.02. The minimum Gasteiger partial charge on any atom is -0.356 e. The number of anilines is 1. The van der Waals surface area contributed by atoms with E-state index in [9.17, 15) is 10.1 Å². The highest BCUT2D eigenvalue weighted by Gasteiger charge is 2.29. The SMILES string of the molecule is CC(C)NC(=O)CC1CN(c2ccc(-c3cc(-c4cnn(C)c4)cn4ncc(C#N)c34)cn2)C1. The van der Waals surface area contributed by atoms with Crippen molar-refractivity contribution in [2.75, 3.05) is 18.0 Å². The Morgan fingerprint density at radius 2 is 1.97 bits per heavy atom. The summed E-state index contributed by atoms with van der Waals surface area (Å²) in [6, 6.07) is 8.48. The van der Waals surface area contributed by atoms with Gasteiger partial charge in [0.1, 0.15) is 11.9 Å². The molecule has 9 heteroatoms. The lowest BCUT2D eigenvalue weighted by molar-refractivity contribution is -0.122. The fourth-order valence-corrected chi connectivity index (χ4v) is 4.41. The summed E-state index contributed by atoms with van der Waals surface area (Å²) in [4.78, 5) is 18.9. The average molecular weight is 455 g/mol. The van der Waals surface area contributed by atoms with Crippen LogP contribution in [0.1, 0.15) is 25.8 Å². The van der Waals surface area contributed by atoms with Gasteiger partial charge in [-0.3, -0.25) is 9.48 Å². The number of nitriles is 1. The van der Waals surface area contributed by atoms with Crippen molar-refractivity contribution in [1.82, 2.24) is 29.7 Å². The van der Waals surface area contributed by atoms with Crippen LogP contribution in [-0.4, -0.2) is 49.4 Å². The number of hydrogen-bond donors (Lipinski definition) is 1. The number of nitrogens with one attached hydrogen (secondary N) is 1. The summed E-state index contributed by atoms with van der Waals surface area (Å²) in [5.74, 6) is 1.34. The first-order valence-electron chi connectivity index (χ1n) is 11.3. The van der Waals surface area contributed by atoms with Crippen molar-refractivity contribution in [2.24, 2.45) is 13.0 Å². The summed E-state index contributed by atoms with van der Waals surface area (Å²) < 4.78 is 3.50. The molecule has 172 valence electrons. The fourth-order valence-electron chi connectivity index (χ4n) is 4.41. The summed E-state index contributed by atoms with van der Waals surface area (Å²) in [5.41, 5.74) is 4.99. The first kappa shape index (κ1) is 21.6. The Bertz CT molecular complexity index is 1390. The van der Waals surface area contributed by atoms with E-state index in [2.05, 4.69) is 37.5 Å². The van der Waals surface area contributed by atoms with Crippen LogP contribution in [0.3, 0.4) is 0 Å². The highest BCUT2D eigenvalue weighted by Crippen LogP contribution is 2.33. The number of aryl methyl sites for hydroxylation is 1. The Labute approximate surface area is 197 Å². The second-order valence-electron chi connectivity index (χ2n) is 9.11. The normalized spacial score (nSPS) is 13.8. The number of aromatic nitrogens is 5. The first-order valence-corrected chi connectivity index (χ1v) is 11.3. The molecule has 0 spiro atoms. The smallest absolute Gasteiger partial charge is 0.220 e. The van der Waals surface area contributed by atoms with Gasteiger partial charge in [-0.05, 0) is 32.0 Å². The maximum absolute atomic E-state index is 12.0. The van der Waals surface area contributed by atoms with Crippen molar-refractivity contribution in [3.05, 3.63) is 54.7 Å². The first-order chi connectivity index (χ1) is 16.4. The molecule has 4 aromatic rings. The molecule has 9 nitrogen and oxygen atoms in total. The van der Waals surface area contributed by atoms with Gasteiger partial charge >= 0.3 is 0 Å². The Morgan fingerprint density at radius 1 is 1.15 bits per heavy atom. The van der Waals surface area contributed by atoms with Crippen LogP contribution < -0.4 is 10.2 Å². The van der Waals surface area contributed by atoms with E-state index < -0.39 is 0 Å². The fraction of sp³-hybridized carbons (Fsp3) is 0.320. The molecule has 1 saturated heterocycles. The largest absolute Gasteiger partial charge is 0.356 e. The van der Waals surface area contributed by atoms with E-state index in [1.807, 2.05) is 57.8 Å². The number of carbonyl (C=O) groups excluding carboxylic acids is 1. The van der Waals surface area contributed by atoms with Crippen LogP contribution in [-0.2, 0) is 11.8 Å². The van der Waals surface area contributed by atoms with Gasteiger partial charge in [0, 0.05) is 79.4 Å². The van der Waals surface area contributed by atoms with Crippen molar-refractivity contribution in [3.8, 4) is 28.3 Å². The number of carbonyl (C=O) groups is 1. The van der Waals surface area contributed by atoms with Crippen molar-refractivity contribution in [2.45, 2.75) is 26.3 Å². The van der Waals surface area contributed by atoms with Crippen LogP contribution in [0.5, 0.6) is 0 Å². The summed E-state index contributed by atoms with van der Waals surface area (Å²) in [5, 5.41) is 21.2. The molecule has 0 atom stereocenters. The van der Waals surface area contributed by atoms with E-state index in [0.717, 1.165) is 46.7 Å². The lowest BCUT2D eigenvalue weighted by atomic mass is 9.95. The molecule has 0 aliphatic carbocycles. The molecule has 0 unspecified atom stereocenters. The summed E-state index contributed by atoms with van der Waals surface area (Å²) >= 11 is 0. The number of pyridine rings is 2. The molecule has 5 heterocycles.